The maximum absolute atomic E-state index is 13.5. The average Bonchev–Trinajstić information content (AvgIpc) is 2.99. The Labute approximate surface area is 241 Å². The minimum absolute atomic E-state index is 0.00790. The summed E-state index contributed by atoms with van der Waals surface area (Å²) in [6, 6.07) is 26.9. The van der Waals surface area contributed by atoms with Gasteiger partial charge in [-0.3, -0.25) is 4.79 Å². The Kier molecular flexibility index (Phi) is 10.2. The fourth-order valence-corrected chi connectivity index (χ4v) is 5.62. The number of benzene rings is 3. The molecule has 0 atom stereocenters. The first-order valence-corrected chi connectivity index (χ1v) is 14.2. The molecular weight excluding hydrogens is 526 g/mol. The number of halogens is 1. The SMILES string of the molecule is O=C(NCCCO)NCC(CCC(=O)N1CCC(O)(c2ccc(Cl)cc2)CC1)(c1ccccc1)c1ccccc1. The standard InChI is InChI=1S/C32H38ClN3O4/c33-28-14-12-27(13-15-28)32(40)18-21-36(22-19-32)29(38)16-17-31(25-8-3-1-4-9-25,26-10-5-2-6-11-26)24-35-30(39)34-20-7-23-37/h1-6,8-15,37,40H,7,16-24H2,(H2,34,35,39). The number of likely N-dealkylation sites (tertiary alicyclic amines) is 1. The highest BCUT2D eigenvalue weighted by Gasteiger charge is 2.38. The minimum Gasteiger partial charge on any atom is -0.396 e. The van der Waals surface area contributed by atoms with Gasteiger partial charge in [0.1, 0.15) is 0 Å². The zero-order chi connectivity index (χ0) is 28.4. The molecule has 0 aliphatic carbocycles. The number of piperidine rings is 1. The number of hydrogen-bond acceptors (Lipinski definition) is 4. The van der Waals surface area contributed by atoms with Gasteiger partial charge in [0.2, 0.25) is 5.91 Å². The molecule has 0 spiro atoms. The van der Waals surface area contributed by atoms with E-state index in [0.29, 0.717) is 56.9 Å². The van der Waals surface area contributed by atoms with Gasteiger partial charge in [0, 0.05) is 49.6 Å². The van der Waals surface area contributed by atoms with E-state index in [4.69, 9.17) is 16.7 Å². The monoisotopic (exact) mass is 563 g/mol. The zero-order valence-corrected chi connectivity index (χ0v) is 23.4. The van der Waals surface area contributed by atoms with Gasteiger partial charge in [-0.05, 0) is 54.5 Å². The largest absolute Gasteiger partial charge is 0.396 e. The summed E-state index contributed by atoms with van der Waals surface area (Å²) < 4.78 is 0. The molecule has 3 aromatic carbocycles. The van der Waals surface area contributed by atoms with Gasteiger partial charge in [0.15, 0.2) is 0 Å². The summed E-state index contributed by atoms with van der Waals surface area (Å²) >= 11 is 6.02. The van der Waals surface area contributed by atoms with Crippen LogP contribution in [0.5, 0.6) is 0 Å². The first kappa shape index (κ1) is 29.6. The molecule has 0 bridgehead atoms. The fraction of sp³-hybridized carbons (Fsp3) is 0.375. The highest BCUT2D eigenvalue weighted by atomic mass is 35.5. The number of urea groups is 1. The lowest BCUT2D eigenvalue weighted by Crippen LogP contribution is -2.47. The molecule has 1 fully saturated rings. The second kappa shape index (κ2) is 13.8. The van der Waals surface area contributed by atoms with E-state index in [0.717, 1.165) is 16.7 Å². The third-order valence-corrected chi connectivity index (χ3v) is 8.17. The Morgan fingerprint density at radius 1 is 0.875 bits per heavy atom. The van der Waals surface area contributed by atoms with E-state index in [-0.39, 0.29) is 25.0 Å². The third kappa shape index (κ3) is 7.22. The van der Waals surface area contributed by atoms with Crippen molar-refractivity contribution in [3.63, 3.8) is 0 Å². The molecule has 3 aromatic rings. The lowest BCUT2D eigenvalue weighted by atomic mass is 9.71. The summed E-state index contributed by atoms with van der Waals surface area (Å²) in [5.41, 5.74) is 1.24. The second-order valence-electron chi connectivity index (χ2n) is 10.4. The smallest absolute Gasteiger partial charge is 0.314 e. The summed E-state index contributed by atoms with van der Waals surface area (Å²) in [5, 5.41) is 26.7. The number of aliphatic hydroxyl groups is 2. The van der Waals surface area contributed by atoms with Gasteiger partial charge in [0.25, 0.3) is 0 Å². The number of amides is 3. The molecule has 7 nitrogen and oxygen atoms in total. The molecule has 1 saturated heterocycles. The normalized spacial score (nSPS) is 14.9. The van der Waals surface area contributed by atoms with Crippen LogP contribution in [-0.2, 0) is 15.8 Å². The Morgan fingerprint density at radius 3 is 2.00 bits per heavy atom. The molecule has 8 heteroatoms. The van der Waals surface area contributed by atoms with Crippen LogP contribution in [0, 0.1) is 0 Å². The molecule has 1 aliphatic rings. The molecule has 40 heavy (non-hydrogen) atoms. The molecule has 3 amide bonds. The highest BCUT2D eigenvalue weighted by molar-refractivity contribution is 6.30. The summed E-state index contributed by atoms with van der Waals surface area (Å²) in [6.45, 7) is 1.62. The van der Waals surface area contributed by atoms with Crippen molar-refractivity contribution in [3.05, 3.63) is 107 Å². The van der Waals surface area contributed by atoms with Crippen molar-refractivity contribution in [1.29, 1.82) is 0 Å². The molecule has 1 heterocycles. The number of aliphatic hydroxyl groups excluding tert-OH is 1. The van der Waals surface area contributed by atoms with Crippen LogP contribution in [0.2, 0.25) is 5.02 Å². The molecule has 0 radical (unpaired) electrons. The number of nitrogens with one attached hydrogen (secondary N) is 2. The van der Waals surface area contributed by atoms with E-state index in [2.05, 4.69) is 10.6 Å². The highest BCUT2D eigenvalue weighted by Crippen LogP contribution is 2.38. The first-order valence-electron chi connectivity index (χ1n) is 13.9. The van der Waals surface area contributed by atoms with Crippen LogP contribution in [-0.4, -0.2) is 59.8 Å². The Bertz CT molecular complexity index is 1190. The van der Waals surface area contributed by atoms with Gasteiger partial charge in [0.05, 0.1) is 5.60 Å². The maximum atomic E-state index is 13.5. The predicted molar refractivity (Wildman–Crippen MR) is 157 cm³/mol. The number of nitrogens with zero attached hydrogens (tertiary/aromatic N) is 1. The number of carbonyl (C=O) groups is 2. The number of carbonyl (C=O) groups excluding carboxylic acids is 2. The van der Waals surface area contributed by atoms with E-state index >= 15 is 0 Å². The van der Waals surface area contributed by atoms with E-state index in [9.17, 15) is 14.7 Å². The van der Waals surface area contributed by atoms with Crippen LogP contribution in [0.15, 0.2) is 84.9 Å². The molecule has 1 aliphatic heterocycles. The van der Waals surface area contributed by atoms with E-state index in [1.807, 2.05) is 77.7 Å². The summed E-state index contributed by atoms with van der Waals surface area (Å²) in [7, 11) is 0. The van der Waals surface area contributed by atoms with Gasteiger partial charge < -0.3 is 25.7 Å². The van der Waals surface area contributed by atoms with Crippen LogP contribution in [0.25, 0.3) is 0 Å². The second-order valence-corrected chi connectivity index (χ2v) is 10.9. The minimum atomic E-state index is -0.980. The van der Waals surface area contributed by atoms with Gasteiger partial charge in [-0.25, -0.2) is 4.79 Å². The molecular formula is C32H38ClN3O4. The summed E-state index contributed by atoms with van der Waals surface area (Å²) in [4.78, 5) is 27.9. The Balaban J connectivity index is 1.50. The molecule has 0 saturated carbocycles. The molecule has 0 unspecified atom stereocenters. The van der Waals surface area contributed by atoms with Crippen LogP contribution in [0.1, 0.15) is 48.8 Å². The van der Waals surface area contributed by atoms with Crippen LogP contribution < -0.4 is 10.6 Å². The number of rotatable bonds is 11. The Hall–Kier alpha value is -3.39. The van der Waals surface area contributed by atoms with Crippen molar-refractivity contribution >= 4 is 23.5 Å². The first-order chi connectivity index (χ1) is 19.4. The third-order valence-electron chi connectivity index (χ3n) is 7.91. The van der Waals surface area contributed by atoms with Gasteiger partial charge >= 0.3 is 6.03 Å². The van der Waals surface area contributed by atoms with Gasteiger partial charge in [-0.15, -0.1) is 0 Å². The van der Waals surface area contributed by atoms with Crippen molar-refractivity contribution in [2.24, 2.45) is 0 Å². The van der Waals surface area contributed by atoms with Crippen LogP contribution in [0.4, 0.5) is 4.79 Å². The topological polar surface area (TPSA) is 102 Å². The Morgan fingerprint density at radius 2 is 1.45 bits per heavy atom. The van der Waals surface area contributed by atoms with Gasteiger partial charge in [-0.2, -0.15) is 0 Å². The fourth-order valence-electron chi connectivity index (χ4n) is 5.49. The van der Waals surface area contributed by atoms with Crippen molar-refractivity contribution in [2.75, 3.05) is 32.8 Å². The molecule has 0 aromatic heterocycles. The predicted octanol–water partition coefficient (Wildman–Crippen LogP) is 4.60. The van der Waals surface area contributed by atoms with Crippen LogP contribution in [0.3, 0.4) is 0 Å². The van der Waals surface area contributed by atoms with Crippen molar-refractivity contribution < 1.29 is 19.8 Å². The van der Waals surface area contributed by atoms with Crippen LogP contribution >= 0.6 is 11.6 Å². The lowest BCUT2D eigenvalue weighted by molar-refractivity contribution is -0.136. The maximum Gasteiger partial charge on any atom is 0.314 e. The van der Waals surface area contributed by atoms with E-state index in [1.165, 1.54) is 0 Å². The van der Waals surface area contributed by atoms with Crippen molar-refractivity contribution in [3.8, 4) is 0 Å². The quantitative estimate of drug-likeness (QED) is 0.256. The zero-order valence-electron chi connectivity index (χ0n) is 22.7. The van der Waals surface area contributed by atoms with Crippen molar-refractivity contribution in [1.82, 2.24) is 15.5 Å². The van der Waals surface area contributed by atoms with E-state index < -0.39 is 11.0 Å². The molecule has 212 valence electrons. The molecule has 4 N–H and O–H groups in total. The summed E-state index contributed by atoms with van der Waals surface area (Å²) in [5.74, 6) is 0.0294. The number of hydrogen-bond donors (Lipinski definition) is 4. The average molecular weight is 564 g/mol. The lowest BCUT2D eigenvalue weighted by Gasteiger charge is -2.40. The van der Waals surface area contributed by atoms with Gasteiger partial charge in [-0.1, -0.05) is 84.4 Å². The van der Waals surface area contributed by atoms with Crippen molar-refractivity contribution in [2.45, 2.75) is 43.1 Å². The summed E-state index contributed by atoms with van der Waals surface area (Å²) in [6.07, 6.45) is 2.18. The molecule has 4 rings (SSSR count). The van der Waals surface area contributed by atoms with E-state index in [1.54, 1.807) is 12.1 Å².